The zero-order chi connectivity index (χ0) is 9.26. The lowest BCUT2D eigenvalue weighted by molar-refractivity contribution is 0.631. The van der Waals surface area contributed by atoms with Gasteiger partial charge in [-0.15, -0.1) is 11.3 Å². The van der Waals surface area contributed by atoms with E-state index >= 15 is 0 Å². The van der Waals surface area contributed by atoms with E-state index in [1.54, 1.807) is 24.4 Å². The van der Waals surface area contributed by atoms with E-state index < -0.39 is 0 Å². The molecule has 13 heavy (non-hydrogen) atoms. The number of nitrogens with zero attached hydrogens (tertiary/aromatic N) is 1. The summed E-state index contributed by atoms with van der Waals surface area (Å²) < 4.78 is 13.6. The molecular formula is C9H5ClFNS. The third-order valence-electron chi connectivity index (χ3n) is 1.62. The highest BCUT2D eigenvalue weighted by Gasteiger charge is 2.06. The van der Waals surface area contributed by atoms with Crippen molar-refractivity contribution in [2.75, 3.05) is 0 Å². The summed E-state index contributed by atoms with van der Waals surface area (Å²) in [6.07, 6.45) is 1.57. The zero-order valence-corrected chi connectivity index (χ0v) is 8.07. The van der Waals surface area contributed by atoms with E-state index in [4.69, 9.17) is 11.6 Å². The summed E-state index contributed by atoms with van der Waals surface area (Å²) in [6, 6.07) is 6.57. The molecule has 0 spiro atoms. The Morgan fingerprint density at radius 1 is 1.31 bits per heavy atom. The van der Waals surface area contributed by atoms with E-state index in [0.717, 1.165) is 4.88 Å². The van der Waals surface area contributed by atoms with Gasteiger partial charge in [0.15, 0.2) is 4.47 Å². The van der Waals surface area contributed by atoms with Crippen LogP contribution in [-0.4, -0.2) is 4.98 Å². The molecule has 0 atom stereocenters. The molecule has 1 aromatic carbocycles. The molecule has 1 heterocycles. The Hall–Kier alpha value is -0.930. The average molecular weight is 214 g/mol. The fraction of sp³-hybridized carbons (Fsp3) is 0. The van der Waals surface area contributed by atoms with Gasteiger partial charge in [-0.05, 0) is 6.07 Å². The van der Waals surface area contributed by atoms with E-state index in [0.29, 0.717) is 10.0 Å². The highest BCUT2D eigenvalue weighted by molar-refractivity contribution is 7.18. The first-order valence-corrected chi connectivity index (χ1v) is 4.83. The molecular weight excluding hydrogens is 209 g/mol. The zero-order valence-electron chi connectivity index (χ0n) is 6.50. The van der Waals surface area contributed by atoms with E-state index in [2.05, 4.69) is 4.98 Å². The van der Waals surface area contributed by atoms with Crippen molar-refractivity contribution in [2.45, 2.75) is 0 Å². The van der Waals surface area contributed by atoms with Crippen LogP contribution in [0.1, 0.15) is 0 Å². The lowest BCUT2D eigenvalue weighted by Crippen LogP contribution is -1.78. The Labute approximate surface area is 83.8 Å². The molecule has 2 aromatic rings. The molecule has 0 N–H and O–H groups in total. The number of thiazole rings is 1. The summed E-state index contributed by atoms with van der Waals surface area (Å²) in [5.41, 5.74) is 0.548. The number of hydrogen-bond donors (Lipinski definition) is 0. The predicted molar refractivity (Wildman–Crippen MR) is 52.5 cm³/mol. The molecule has 0 radical (unpaired) electrons. The number of benzene rings is 1. The van der Waals surface area contributed by atoms with Gasteiger partial charge in [0.25, 0.3) is 0 Å². The van der Waals surface area contributed by atoms with Gasteiger partial charge in [0.05, 0.1) is 4.88 Å². The molecule has 2 rings (SSSR count). The van der Waals surface area contributed by atoms with Gasteiger partial charge in [-0.25, -0.2) is 9.37 Å². The first kappa shape index (κ1) is 8.66. The Morgan fingerprint density at radius 3 is 2.69 bits per heavy atom. The second-order valence-corrected chi connectivity index (χ2v) is 4.07. The Balaban J connectivity index is 2.52. The van der Waals surface area contributed by atoms with Gasteiger partial charge in [0, 0.05) is 11.8 Å². The molecule has 0 unspecified atom stereocenters. The van der Waals surface area contributed by atoms with Crippen LogP contribution < -0.4 is 0 Å². The first-order valence-electron chi connectivity index (χ1n) is 3.63. The van der Waals surface area contributed by atoms with Crippen LogP contribution in [0.25, 0.3) is 10.4 Å². The topological polar surface area (TPSA) is 12.9 Å². The van der Waals surface area contributed by atoms with Gasteiger partial charge in [0.2, 0.25) is 0 Å². The van der Waals surface area contributed by atoms with Crippen LogP contribution in [0, 0.1) is 5.82 Å². The monoisotopic (exact) mass is 213 g/mol. The van der Waals surface area contributed by atoms with Crippen LogP contribution in [0.3, 0.4) is 0 Å². The summed E-state index contributed by atoms with van der Waals surface area (Å²) in [7, 11) is 0. The number of aromatic nitrogens is 1. The van der Waals surface area contributed by atoms with E-state index in [9.17, 15) is 4.39 Å². The minimum Gasteiger partial charge on any atom is -0.233 e. The fourth-order valence-corrected chi connectivity index (χ4v) is 2.00. The van der Waals surface area contributed by atoms with Crippen LogP contribution >= 0.6 is 22.9 Å². The highest BCUT2D eigenvalue weighted by atomic mass is 35.5. The second kappa shape index (κ2) is 3.44. The summed E-state index contributed by atoms with van der Waals surface area (Å²) in [5.74, 6) is -0.247. The lowest BCUT2D eigenvalue weighted by Gasteiger charge is -1.96. The molecule has 0 amide bonds. The average Bonchev–Trinajstić information content (AvgIpc) is 2.53. The van der Waals surface area contributed by atoms with Crippen molar-refractivity contribution in [3.63, 3.8) is 0 Å². The van der Waals surface area contributed by atoms with Crippen molar-refractivity contribution in [3.05, 3.63) is 40.7 Å². The maximum absolute atomic E-state index is 13.2. The number of hydrogen-bond acceptors (Lipinski definition) is 2. The van der Waals surface area contributed by atoms with Crippen molar-refractivity contribution >= 4 is 22.9 Å². The highest BCUT2D eigenvalue weighted by Crippen LogP contribution is 2.29. The normalized spacial score (nSPS) is 10.3. The van der Waals surface area contributed by atoms with Crippen LogP contribution in [0.5, 0.6) is 0 Å². The largest absolute Gasteiger partial charge is 0.233 e. The second-order valence-electron chi connectivity index (χ2n) is 2.46. The van der Waals surface area contributed by atoms with E-state index in [1.807, 2.05) is 0 Å². The van der Waals surface area contributed by atoms with Crippen molar-refractivity contribution < 1.29 is 4.39 Å². The third-order valence-corrected chi connectivity index (χ3v) is 2.76. The third kappa shape index (κ3) is 1.71. The Bertz CT molecular complexity index is 427. The minimum absolute atomic E-state index is 0.247. The molecule has 0 aliphatic heterocycles. The molecule has 1 aromatic heterocycles. The molecule has 0 saturated heterocycles. The molecule has 66 valence electrons. The summed E-state index contributed by atoms with van der Waals surface area (Å²) in [4.78, 5) is 4.60. The van der Waals surface area contributed by atoms with E-state index in [1.165, 1.54) is 17.4 Å². The summed E-state index contributed by atoms with van der Waals surface area (Å²) in [5, 5.41) is 0. The molecule has 0 saturated carbocycles. The number of rotatable bonds is 1. The van der Waals surface area contributed by atoms with Crippen molar-refractivity contribution in [2.24, 2.45) is 0 Å². The Kier molecular flexibility index (Phi) is 2.29. The van der Waals surface area contributed by atoms with Gasteiger partial charge in [0.1, 0.15) is 5.82 Å². The maximum Gasteiger partial charge on any atom is 0.184 e. The van der Waals surface area contributed by atoms with Crippen molar-refractivity contribution in [3.8, 4) is 10.4 Å². The smallest absolute Gasteiger partial charge is 0.184 e. The van der Waals surface area contributed by atoms with Gasteiger partial charge in [-0.2, -0.15) is 0 Å². The van der Waals surface area contributed by atoms with Gasteiger partial charge in [-0.1, -0.05) is 29.8 Å². The lowest BCUT2D eigenvalue weighted by atomic mass is 10.2. The van der Waals surface area contributed by atoms with Crippen LogP contribution in [0.15, 0.2) is 30.5 Å². The number of halogens is 2. The SMILES string of the molecule is Fc1ccccc1-c1cnc(Cl)s1. The van der Waals surface area contributed by atoms with Crippen molar-refractivity contribution in [1.29, 1.82) is 0 Å². The minimum atomic E-state index is -0.247. The van der Waals surface area contributed by atoms with Gasteiger partial charge in [-0.3, -0.25) is 0 Å². The maximum atomic E-state index is 13.2. The molecule has 1 nitrogen and oxygen atoms in total. The van der Waals surface area contributed by atoms with Gasteiger partial charge < -0.3 is 0 Å². The summed E-state index contributed by atoms with van der Waals surface area (Å²) >= 11 is 6.92. The molecule has 4 heteroatoms. The van der Waals surface area contributed by atoms with Crippen molar-refractivity contribution in [1.82, 2.24) is 4.98 Å². The first-order chi connectivity index (χ1) is 6.27. The van der Waals surface area contributed by atoms with Crippen LogP contribution in [-0.2, 0) is 0 Å². The van der Waals surface area contributed by atoms with E-state index in [-0.39, 0.29) is 5.82 Å². The molecule has 0 aliphatic rings. The fourth-order valence-electron chi connectivity index (χ4n) is 1.04. The molecule has 0 bridgehead atoms. The predicted octanol–water partition coefficient (Wildman–Crippen LogP) is 3.60. The Morgan fingerprint density at radius 2 is 2.08 bits per heavy atom. The standard InChI is InChI=1S/C9H5ClFNS/c10-9-12-5-8(13-9)6-3-1-2-4-7(6)11/h1-5H. The molecule has 0 aliphatic carbocycles. The van der Waals surface area contributed by atoms with Crippen LogP contribution in [0.2, 0.25) is 4.47 Å². The quantitative estimate of drug-likeness (QED) is 0.705. The molecule has 0 fully saturated rings. The van der Waals surface area contributed by atoms with Gasteiger partial charge >= 0.3 is 0 Å². The summed E-state index contributed by atoms with van der Waals surface area (Å²) in [6.45, 7) is 0. The van der Waals surface area contributed by atoms with Crippen LogP contribution in [0.4, 0.5) is 4.39 Å².